The Labute approximate surface area is 135 Å². The lowest BCUT2D eigenvalue weighted by Crippen LogP contribution is -2.32. The van der Waals surface area contributed by atoms with Gasteiger partial charge < -0.3 is 23.8 Å². The third-order valence-electron chi connectivity index (χ3n) is 3.38. The number of hydrogen-bond donors (Lipinski definition) is 0. The first-order valence-electron chi connectivity index (χ1n) is 7.78. The molecule has 0 atom stereocenters. The fourth-order valence-electron chi connectivity index (χ4n) is 2.20. The van der Waals surface area contributed by atoms with Gasteiger partial charge in [0.25, 0.3) is 0 Å². The zero-order valence-corrected chi connectivity index (χ0v) is 13.1. The van der Waals surface area contributed by atoms with E-state index in [1.807, 2.05) is 0 Å². The summed E-state index contributed by atoms with van der Waals surface area (Å²) in [5.41, 5.74) is 0.343. The fourth-order valence-corrected chi connectivity index (χ4v) is 2.20. The normalized spacial score (nSPS) is 19.8. The molecule has 1 aromatic rings. The quantitative estimate of drug-likeness (QED) is 0.785. The second kappa shape index (κ2) is 10.5. The lowest BCUT2D eigenvalue weighted by atomic mass is 10.2. The summed E-state index contributed by atoms with van der Waals surface area (Å²) in [7, 11) is 0. The second-order valence-electron chi connectivity index (χ2n) is 5.03. The van der Waals surface area contributed by atoms with E-state index in [1.54, 1.807) is 4.90 Å². The zero-order valence-electron chi connectivity index (χ0n) is 13.1. The molecule has 0 N–H and O–H groups in total. The van der Waals surface area contributed by atoms with Crippen molar-refractivity contribution in [2.45, 2.75) is 0 Å². The maximum atomic E-state index is 14.0. The molecule has 0 bridgehead atoms. The van der Waals surface area contributed by atoms with Crippen molar-refractivity contribution < 1.29 is 27.7 Å². The van der Waals surface area contributed by atoms with Crippen LogP contribution in [0.25, 0.3) is 0 Å². The first-order chi connectivity index (χ1) is 11.3. The average Bonchev–Trinajstić information content (AvgIpc) is 2.54. The Morgan fingerprint density at radius 3 is 1.65 bits per heavy atom. The number of ether oxygens (including phenoxy) is 4. The van der Waals surface area contributed by atoms with E-state index in [9.17, 15) is 8.78 Å². The molecule has 0 radical (unpaired) electrons. The van der Waals surface area contributed by atoms with Crippen LogP contribution in [0.15, 0.2) is 18.2 Å². The van der Waals surface area contributed by atoms with E-state index in [0.29, 0.717) is 71.6 Å². The van der Waals surface area contributed by atoms with Crippen molar-refractivity contribution in [1.29, 1.82) is 0 Å². The van der Waals surface area contributed by atoms with Crippen molar-refractivity contribution >= 4 is 5.69 Å². The Morgan fingerprint density at radius 1 is 0.696 bits per heavy atom. The summed E-state index contributed by atoms with van der Waals surface area (Å²) in [5, 5.41) is 0. The molecule has 23 heavy (non-hydrogen) atoms. The molecule has 0 unspecified atom stereocenters. The summed E-state index contributed by atoms with van der Waals surface area (Å²) in [6.07, 6.45) is 0. The highest BCUT2D eigenvalue weighted by molar-refractivity contribution is 5.47. The summed E-state index contributed by atoms with van der Waals surface area (Å²) in [6.45, 7) is 4.80. The third kappa shape index (κ3) is 6.78. The molecule has 0 amide bonds. The lowest BCUT2D eigenvalue weighted by molar-refractivity contribution is 0.00206. The molecule has 1 heterocycles. The first-order valence-corrected chi connectivity index (χ1v) is 7.78. The van der Waals surface area contributed by atoms with Crippen molar-refractivity contribution in [2.24, 2.45) is 0 Å². The lowest BCUT2D eigenvalue weighted by Gasteiger charge is -2.25. The van der Waals surface area contributed by atoms with E-state index in [2.05, 4.69) is 0 Å². The predicted octanol–water partition coefficient (Wildman–Crippen LogP) is 1.85. The molecule has 0 spiro atoms. The van der Waals surface area contributed by atoms with Gasteiger partial charge in [-0.3, -0.25) is 0 Å². The van der Waals surface area contributed by atoms with Crippen LogP contribution in [0.1, 0.15) is 0 Å². The summed E-state index contributed by atoms with van der Waals surface area (Å²) >= 11 is 0. The number of rotatable bonds is 1. The summed E-state index contributed by atoms with van der Waals surface area (Å²) in [4.78, 5) is 1.79. The Kier molecular flexibility index (Phi) is 8.24. The van der Waals surface area contributed by atoms with Gasteiger partial charge in [-0.1, -0.05) is 0 Å². The predicted molar refractivity (Wildman–Crippen MR) is 81.8 cm³/mol. The minimum Gasteiger partial charge on any atom is -0.377 e. The zero-order chi connectivity index (χ0) is 16.3. The Balaban J connectivity index is 1.93. The molecule has 130 valence electrons. The second-order valence-corrected chi connectivity index (χ2v) is 5.03. The van der Waals surface area contributed by atoms with Gasteiger partial charge in [0.2, 0.25) is 0 Å². The van der Waals surface area contributed by atoms with Crippen LogP contribution < -0.4 is 4.90 Å². The number of anilines is 1. The van der Waals surface area contributed by atoms with Crippen LogP contribution in [0.5, 0.6) is 0 Å². The highest BCUT2D eigenvalue weighted by atomic mass is 19.1. The van der Waals surface area contributed by atoms with Crippen LogP contribution in [0, 0.1) is 11.6 Å². The summed E-state index contributed by atoms with van der Waals surface area (Å²) < 4.78 is 48.7. The molecule has 1 aliphatic rings. The Hall–Kier alpha value is -1.28. The molecule has 7 heteroatoms. The molecular weight excluding hydrogens is 308 g/mol. The van der Waals surface area contributed by atoms with E-state index in [0.717, 1.165) is 6.07 Å². The molecule has 0 saturated carbocycles. The van der Waals surface area contributed by atoms with Crippen LogP contribution in [0.2, 0.25) is 0 Å². The summed E-state index contributed by atoms with van der Waals surface area (Å²) in [6, 6.07) is 3.57. The topological polar surface area (TPSA) is 40.2 Å². The average molecular weight is 331 g/mol. The largest absolute Gasteiger partial charge is 0.377 e. The summed E-state index contributed by atoms with van der Waals surface area (Å²) in [5.74, 6) is -1.18. The smallest absolute Gasteiger partial charge is 0.149 e. The number of benzene rings is 1. The van der Waals surface area contributed by atoms with Gasteiger partial charge in [-0.2, -0.15) is 0 Å². The Bertz CT molecular complexity index is 446. The van der Waals surface area contributed by atoms with E-state index in [-0.39, 0.29) is 0 Å². The number of halogens is 2. The minimum absolute atomic E-state index is 0.343. The molecule has 1 fully saturated rings. The van der Waals surface area contributed by atoms with Crippen LogP contribution in [-0.4, -0.2) is 65.9 Å². The highest BCUT2D eigenvalue weighted by Gasteiger charge is 2.12. The molecular formula is C16H23F2NO4. The van der Waals surface area contributed by atoms with E-state index in [1.165, 1.54) is 12.1 Å². The standard InChI is InChI=1S/C16H23F2NO4/c17-14-1-2-16(15(18)13-14)19-3-5-20-7-9-22-11-12-23-10-8-21-6-4-19/h1-2,13H,3-12H2. The van der Waals surface area contributed by atoms with Crippen LogP contribution in [0.3, 0.4) is 0 Å². The monoisotopic (exact) mass is 331 g/mol. The van der Waals surface area contributed by atoms with Crippen molar-refractivity contribution in [1.82, 2.24) is 0 Å². The molecule has 0 aromatic heterocycles. The van der Waals surface area contributed by atoms with Gasteiger partial charge in [0.15, 0.2) is 0 Å². The fraction of sp³-hybridized carbons (Fsp3) is 0.625. The molecule has 0 aliphatic carbocycles. The third-order valence-corrected chi connectivity index (χ3v) is 3.38. The molecule has 1 aliphatic heterocycles. The van der Waals surface area contributed by atoms with Crippen LogP contribution in [0.4, 0.5) is 14.5 Å². The van der Waals surface area contributed by atoms with Gasteiger partial charge in [-0.25, -0.2) is 8.78 Å². The van der Waals surface area contributed by atoms with Crippen molar-refractivity contribution in [2.75, 3.05) is 70.8 Å². The minimum atomic E-state index is -0.591. The van der Waals surface area contributed by atoms with Crippen molar-refractivity contribution in [3.63, 3.8) is 0 Å². The van der Waals surface area contributed by atoms with Gasteiger partial charge in [0.05, 0.1) is 58.5 Å². The maximum absolute atomic E-state index is 14.0. The van der Waals surface area contributed by atoms with Crippen molar-refractivity contribution in [3.05, 3.63) is 29.8 Å². The Morgan fingerprint density at radius 2 is 1.17 bits per heavy atom. The van der Waals surface area contributed by atoms with E-state index < -0.39 is 11.6 Å². The highest BCUT2D eigenvalue weighted by Crippen LogP contribution is 2.19. The van der Waals surface area contributed by atoms with Crippen LogP contribution >= 0.6 is 0 Å². The van der Waals surface area contributed by atoms with Crippen LogP contribution in [-0.2, 0) is 18.9 Å². The number of nitrogens with zero attached hydrogens (tertiary/aromatic N) is 1. The van der Waals surface area contributed by atoms with Gasteiger partial charge in [0, 0.05) is 19.2 Å². The van der Waals surface area contributed by atoms with Gasteiger partial charge in [0.1, 0.15) is 11.6 Å². The van der Waals surface area contributed by atoms with Crippen molar-refractivity contribution in [3.8, 4) is 0 Å². The first kappa shape index (κ1) is 18.1. The molecule has 2 rings (SSSR count). The van der Waals surface area contributed by atoms with E-state index in [4.69, 9.17) is 18.9 Å². The molecule has 1 saturated heterocycles. The van der Waals surface area contributed by atoms with Gasteiger partial charge in [-0.05, 0) is 12.1 Å². The molecule has 5 nitrogen and oxygen atoms in total. The van der Waals surface area contributed by atoms with E-state index >= 15 is 0 Å². The number of hydrogen-bond acceptors (Lipinski definition) is 5. The SMILES string of the molecule is Fc1ccc(N2CCOCCOCCOCCOCC2)c(F)c1. The molecule has 1 aromatic carbocycles. The van der Waals surface area contributed by atoms with Gasteiger partial charge >= 0.3 is 0 Å². The maximum Gasteiger partial charge on any atom is 0.149 e. The van der Waals surface area contributed by atoms with Gasteiger partial charge in [-0.15, -0.1) is 0 Å².